The molecule has 0 atom stereocenters. The van der Waals surface area contributed by atoms with Gasteiger partial charge >= 0.3 is 0 Å². The highest BCUT2D eigenvalue weighted by Gasteiger charge is 2.33. The van der Waals surface area contributed by atoms with Crippen molar-refractivity contribution >= 4 is 59.9 Å². The van der Waals surface area contributed by atoms with Crippen LogP contribution in [0, 0.1) is 0 Å². The molecule has 0 bridgehead atoms. The van der Waals surface area contributed by atoms with Gasteiger partial charge < -0.3 is 15.0 Å². The van der Waals surface area contributed by atoms with Crippen LogP contribution in [0.1, 0.15) is 10.4 Å². The number of carbonyl (C=O) groups excluding carboxylic acids is 1. The minimum atomic E-state index is -3.48. The summed E-state index contributed by atoms with van der Waals surface area (Å²) in [4.78, 5) is 15.3. The molecule has 0 aromatic heterocycles. The van der Waals surface area contributed by atoms with Gasteiger partial charge in [0.1, 0.15) is 5.75 Å². The van der Waals surface area contributed by atoms with E-state index in [4.69, 9.17) is 4.74 Å². The quantitative estimate of drug-likeness (QED) is 0.660. The molecule has 13 heteroatoms. The molecular formula is C18H18N4O6S3. The monoisotopic (exact) mass is 482 g/mol. The standard InChI is InChI=1S/C18H18N4O6S3/c1-28-15-10-12(4-5-13(15)20-30(2,24)25)19-17(23)11-3-6-14-16(9-11)29-18-21-31(26,27)8-7-22(14)18/h3-6,9-10,20H,7-8H2,1-2H3,(H,19,23). The number of ether oxygens (including phenoxy) is 1. The predicted molar refractivity (Wildman–Crippen MR) is 120 cm³/mol. The Morgan fingerprint density at radius 3 is 2.71 bits per heavy atom. The Bertz CT molecular complexity index is 1320. The van der Waals surface area contributed by atoms with Gasteiger partial charge in [-0.3, -0.25) is 9.52 Å². The summed E-state index contributed by atoms with van der Waals surface area (Å²) in [6, 6.07) is 9.64. The molecule has 2 aromatic rings. The average Bonchev–Trinajstić information content (AvgIpc) is 3.03. The first kappa shape index (κ1) is 21.5. The van der Waals surface area contributed by atoms with Crippen LogP contribution in [0.2, 0.25) is 0 Å². The highest BCUT2D eigenvalue weighted by molar-refractivity contribution is 8.15. The van der Waals surface area contributed by atoms with Gasteiger partial charge in [-0.1, -0.05) is 0 Å². The minimum absolute atomic E-state index is 0.0508. The van der Waals surface area contributed by atoms with Crippen LogP contribution in [0.25, 0.3) is 0 Å². The van der Waals surface area contributed by atoms with Crippen molar-refractivity contribution in [1.82, 2.24) is 0 Å². The summed E-state index contributed by atoms with van der Waals surface area (Å²) in [5.41, 5.74) is 1.87. The molecule has 0 unspecified atom stereocenters. The summed E-state index contributed by atoms with van der Waals surface area (Å²) in [5.74, 6) is -0.178. The number of rotatable bonds is 5. The van der Waals surface area contributed by atoms with Crippen molar-refractivity contribution in [2.75, 3.05) is 40.6 Å². The van der Waals surface area contributed by atoms with E-state index in [0.29, 0.717) is 23.0 Å². The number of sulfonamides is 2. The van der Waals surface area contributed by atoms with Crippen LogP contribution in [0.4, 0.5) is 17.1 Å². The van der Waals surface area contributed by atoms with Crippen molar-refractivity contribution in [2.24, 2.45) is 4.40 Å². The number of hydrogen-bond acceptors (Lipinski definition) is 8. The molecule has 2 aliphatic rings. The molecular weight excluding hydrogens is 464 g/mol. The second-order valence-electron chi connectivity index (χ2n) is 6.84. The molecule has 0 aliphatic carbocycles. The highest BCUT2D eigenvalue weighted by Crippen LogP contribution is 2.42. The Hall–Kier alpha value is -2.77. The van der Waals surface area contributed by atoms with Crippen LogP contribution < -0.4 is 19.7 Å². The van der Waals surface area contributed by atoms with Crippen molar-refractivity contribution in [1.29, 1.82) is 0 Å². The first-order valence-corrected chi connectivity index (χ1v) is 13.3. The summed E-state index contributed by atoms with van der Waals surface area (Å²) in [5, 5.41) is 3.13. The van der Waals surface area contributed by atoms with Gasteiger partial charge in [0, 0.05) is 28.8 Å². The first-order chi connectivity index (χ1) is 14.5. The van der Waals surface area contributed by atoms with Gasteiger partial charge in [-0.2, -0.15) is 0 Å². The zero-order valence-electron chi connectivity index (χ0n) is 16.4. The van der Waals surface area contributed by atoms with E-state index >= 15 is 0 Å². The van der Waals surface area contributed by atoms with Crippen molar-refractivity contribution in [2.45, 2.75) is 4.90 Å². The number of nitrogens with zero attached hydrogens (tertiary/aromatic N) is 2. The smallest absolute Gasteiger partial charge is 0.257 e. The van der Waals surface area contributed by atoms with Crippen LogP contribution in [0.5, 0.6) is 5.75 Å². The lowest BCUT2D eigenvalue weighted by Crippen LogP contribution is -2.35. The maximum atomic E-state index is 12.7. The normalized spacial score (nSPS) is 16.7. The van der Waals surface area contributed by atoms with Crippen LogP contribution >= 0.6 is 11.8 Å². The van der Waals surface area contributed by atoms with Gasteiger partial charge in [0.15, 0.2) is 5.17 Å². The SMILES string of the molecule is COc1cc(NC(=O)c2ccc3c(c2)SC2=NS(=O)(=O)CCN23)ccc1NS(C)(=O)=O. The number of anilines is 3. The lowest BCUT2D eigenvalue weighted by Gasteiger charge is -2.22. The highest BCUT2D eigenvalue weighted by atomic mass is 32.2. The Morgan fingerprint density at radius 1 is 1.23 bits per heavy atom. The van der Waals surface area contributed by atoms with Gasteiger partial charge in [0.25, 0.3) is 15.9 Å². The summed E-state index contributed by atoms with van der Waals surface area (Å²) in [6.45, 7) is 0.320. The molecule has 0 spiro atoms. The van der Waals surface area contributed by atoms with Crippen LogP contribution in [0.15, 0.2) is 45.7 Å². The maximum absolute atomic E-state index is 12.7. The average molecular weight is 483 g/mol. The third-order valence-corrected chi connectivity index (χ3v) is 7.39. The number of fused-ring (bicyclic) bond motifs is 3. The predicted octanol–water partition coefficient (Wildman–Crippen LogP) is 1.93. The Morgan fingerprint density at radius 2 is 2.00 bits per heavy atom. The molecule has 0 radical (unpaired) electrons. The molecule has 2 heterocycles. The van der Waals surface area contributed by atoms with Crippen LogP contribution in [0.3, 0.4) is 0 Å². The number of benzene rings is 2. The lowest BCUT2D eigenvalue weighted by molar-refractivity contribution is 0.102. The topological polar surface area (TPSA) is 134 Å². The third kappa shape index (κ3) is 4.62. The van der Waals surface area contributed by atoms with Gasteiger partial charge in [-0.05, 0) is 42.1 Å². The molecule has 31 heavy (non-hydrogen) atoms. The zero-order valence-corrected chi connectivity index (χ0v) is 18.9. The number of nitrogens with one attached hydrogen (secondary N) is 2. The van der Waals surface area contributed by atoms with E-state index in [0.717, 1.165) is 16.8 Å². The Balaban J connectivity index is 1.55. The second kappa shape index (κ2) is 7.73. The number of thioether (sulfide) groups is 1. The van der Waals surface area contributed by atoms with E-state index in [9.17, 15) is 21.6 Å². The van der Waals surface area contributed by atoms with Gasteiger partial charge in [0.2, 0.25) is 10.0 Å². The first-order valence-electron chi connectivity index (χ1n) is 8.94. The van der Waals surface area contributed by atoms with Crippen molar-refractivity contribution in [3.05, 3.63) is 42.0 Å². The van der Waals surface area contributed by atoms with E-state index < -0.39 is 20.0 Å². The number of amidine groups is 1. The molecule has 10 nitrogen and oxygen atoms in total. The summed E-state index contributed by atoms with van der Waals surface area (Å²) >= 11 is 1.21. The number of carbonyl (C=O) groups is 1. The van der Waals surface area contributed by atoms with E-state index in [1.807, 2.05) is 4.90 Å². The van der Waals surface area contributed by atoms with Crippen molar-refractivity contribution in [3.8, 4) is 5.75 Å². The Kier molecular flexibility index (Phi) is 5.35. The molecule has 2 N–H and O–H groups in total. The van der Waals surface area contributed by atoms with E-state index in [2.05, 4.69) is 14.4 Å². The molecule has 2 aliphatic heterocycles. The molecule has 2 aromatic carbocycles. The Labute approximate surface area is 183 Å². The maximum Gasteiger partial charge on any atom is 0.257 e. The summed E-state index contributed by atoms with van der Waals surface area (Å²) < 4.78 is 57.7. The van der Waals surface area contributed by atoms with Crippen LogP contribution in [-0.2, 0) is 20.0 Å². The molecule has 0 saturated heterocycles. The number of hydrogen-bond donors (Lipinski definition) is 2. The lowest BCUT2D eigenvalue weighted by atomic mass is 10.1. The fourth-order valence-corrected chi connectivity index (χ4v) is 5.99. The summed E-state index contributed by atoms with van der Waals surface area (Å²) in [7, 11) is -5.54. The molecule has 0 fully saturated rings. The molecule has 0 saturated carbocycles. The number of methoxy groups -OCH3 is 1. The number of amides is 1. The van der Waals surface area contributed by atoms with Crippen molar-refractivity contribution in [3.63, 3.8) is 0 Å². The minimum Gasteiger partial charge on any atom is -0.494 e. The molecule has 4 rings (SSSR count). The van der Waals surface area contributed by atoms with Gasteiger partial charge in [-0.25, -0.2) is 16.8 Å². The fourth-order valence-electron chi connectivity index (χ4n) is 3.13. The van der Waals surface area contributed by atoms with E-state index in [1.165, 1.54) is 31.0 Å². The second-order valence-corrected chi connectivity index (χ2v) is 11.4. The van der Waals surface area contributed by atoms with E-state index in [-0.39, 0.29) is 23.1 Å². The fraction of sp³-hybridized carbons (Fsp3) is 0.222. The van der Waals surface area contributed by atoms with Gasteiger partial charge in [-0.15, -0.1) is 4.40 Å². The largest absolute Gasteiger partial charge is 0.494 e. The van der Waals surface area contributed by atoms with E-state index in [1.54, 1.807) is 24.3 Å². The third-order valence-electron chi connectivity index (χ3n) is 4.49. The van der Waals surface area contributed by atoms with Gasteiger partial charge in [0.05, 0.1) is 30.5 Å². The molecule has 164 valence electrons. The summed E-state index contributed by atoms with van der Waals surface area (Å²) in [6.07, 6.45) is 1.03. The van der Waals surface area contributed by atoms with Crippen LogP contribution in [-0.4, -0.2) is 53.6 Å². The van der Waals surface area contributed by atoms with Crippen molar-refractivity contribution < 1.29 is 26.4 Å². The zero-order chi connectivity index (χ0) is 22.4. The molecule has 1 amide bonds.